The van der Waals surface area contributed by atoms with Gasteiger partial charge in [0.15, 0.2) is 11.5 Å². The van der Waals surface area contributed by atoms with Crippen LogP contribution in [0.3, 0.4) is 0 Å². The van der Waals surface area contributed by atoms with E-state index < -0.39 is 0 Å². The van der Waals surface area contributed by atoms with E-state index in [2.05, 4.69) is 28.7 Å². The SMILES string of the molecule is CCCCCCCCCC(=O)N1CCN(c2cc(Oc3ccccc3OC)ncn2)C[C@@H]1C. The smallest absolute Gasteiger partial charge is 0.224 e. The van der Waals surface area contributed by atoms with Gasteiger partial charge in [-0.3, -0.25) is 4.79 Å². The van der Waals surface area contributed by atoms with E-state index in [1.165, 1.54) is 38.4 Å². The number of methoxy groups -OCH3 is 1. The molecule has 1 saturated heterocycles. The van der Waals surface area contributed by atoms with Crippen molar-refractivity contribution in [1.82, 2.24) is 14.9 Å². The van der Waals surface area contributed by atoms with Crippen molar-refractivity contribution in [1.29, 1.82) is 0 Å². The van der Waals surface area contributed by atoms with Gasteiger partial charge in [-0.25, -0.2) is 9.97 Å². The van der Waals surface area contributed by atoms with E-state index >= 15 is 0 Å². The van der Waals surface area contributed by atoms with Gasteiger partial charge in [-0.1, -0.05) is 57.6 Å². The second-order valence-corrected chi connectivity index (χ2v) is 8.72. The first-order valence-electron chi connectivity index (χ1n) is 12.3. The first-order valence-corrected chi connectivity index (χ1v) is 12.3. The average Bonchev–Trinajstić information content (AvgIpc) is 2.84. The maximum absolute atomic E-state index is 12.8. The highest BCUT2D eigenvalue weighted by molar-refractivity contribution is 5.76. The number of hydrogen-bond acceptors (Lipinski definition) is 6. The zero-order valence-corrected chi connectivity index (χ0v) is 20.3. The fraction of sp³-hybridized carbons (Fsp3) is 0.577. The van der Waals surface area contributed by atoms with Crippen molar-refractivity contribution < 1.29 is 14.3 Å². The molecule has 1 aliphatic rings. The van der Waals surface area contributed by atoms with Crippen LogP contribution in [0.15, 0.2) is 36.7 Å². The van der Waals surface area contributed by atoms with Gasteiger partial charge < -0.3 is 19.3 Å². The number of piperazine rings is 1. The van der Waals surface area contributed by atoms with Crippen molar-refractivity contribution in [3.05, 3.63) is 36.7 Å². The van der Waals surface area contributed by atoms with Gasteiger partial charge in [0.2, 0.25) is 11.8 Å². The summed E-state index contributed by atoms with van der Waals surface area (Å²) in [5, 5.41) is 0. The quantitative estimate of drug-likeness (QED) is 0.397. The summed E-state index contributed by atoms with van der Waals surface area (Å²) in [6.45, 7) is 6.55. The van der Waals surface area contributed by atoms with Crippen LogP contribution in [0.25, 0.3) is 0 Å². The minimum Gasteiger partial charge on any atom is -0.493 e. The maximum atomic E-state index is 12.8. The molecule has 0 unspecified atom stereocenters. The summed E-state index contributed by atoms with van der Waals surface area (Å²) in [4.78, 5) is 25.7. The van der Waals surface area contributed by atoms with Gasteiger partial charge in [-0.05, 0) is 25.5 Å². The molecule has 0 bridgehead atoms. The molecule has 7 heteroatoms. The lowest BCUT2D eigenvalue weighted by molar-refractivity contribution is -0.133. The van der Waals surface area contributed by atoms with Crippen molar-refractivity contribution in [2.24, 2.45) is 0 Å². The second-order valence-electron chi connectivity index (χ2n) is 8.72. The molecule has 2 heterocycles. The van der Waals surface area contributed by atoms with E-state index in [1.807, 2.05) is 35.2 Å². The normalized spacial score (nSPS) is 16.0. The standard InChI is InChI=1S/C26H38N4O3/c1-4-5-6-7-8-9-10-15-26(31)30-17-16-29(19-21(30)2)24-18-25(28-20-27-24)33-23-14-12-11-13-22(23)32-3/h11-14,18,20-21H,4-10,15-17,19H2,1-3H3/t21-/m0/s1. The van der Waals surface area contributed by atoms with E-state index in [9.17, 15) is 4.79 Å². The Bertz CT molecular complexity index is 876. The Balaban J connectivity index is 1.49. The molecule has 33 heavy (non-hydrogen) atoms. The Hall–Kier alpha value is -2.83. The number of aromatic nitrogens is 2. The number of carbonyl (C=O) groups excluding carboxylic acids is 1. The number of amides is 1. The molecular weight excluding hydrogens is 416 g/mol. The summed E-state index contributed by atoms with van der Waals surface area (Å²) in [6.07, 6.45) is 10.8. The third-order valence-electron chi connectivity index (χ3n) is 6.18. The molecule has 0 radical (unpaired) electrons. The molecule has 1 aromatic carbocycles. The van der Waals surface area contributed by atoms with Crippen LogP contribution in [-0.4, -0.2) is 53.6 Å². The molecule has 0 saturated carbocycles. The number of anilines is 1. The number of unbranched alkanes of at least 4 members (excludes halogenated alkanes) is 6. The zero-order chi connectivity index (χ0) is 23.5. The summed E-state index contributed by atoms with van der Waals surface area (Å²) in [6, 6.07) is 9.47. The lowest BCUT2D eigenvalue weighted by atomic mass is 10.1. The molecular formula is C26H38N4O3. The number of carbonyl (C=O) groups is 1. The zero-order valence-electron chi connectivity index (χ0n) is 20.3. The number of nitrogens with zero attached hydrogens (tertiary/aromatic N) is 4. The van der Waals surface area contributed by atoms with Crippen LogP contribution in [0.5, 0.6) is 17.4 Å². The van der Waals surface area contributed by atoms with Crippen molar-refractivity contribution in [2.45, 2.75) is 71.3 Å². The highest BCUT2D eigenvalue weighted by atomic mass is 16.5. The molecule has 2 aromatic rings. The molecule has 0 spiro atoms. The van der Waals surface area contributed by atoms with E-state index in [0.29, 0.717) is 30.3 Å². The molecule has 1 fully saturated rings. The highest BCUT2D eigenvalue weighted by Gasteiger charge is 2.28. The van der Waals surface area contributed by atoms with E-state index in [4.69, 9.17) is 9.47 Å². The summed E-state index contributed by atoms with van der Waals surface area (Å²) < 4.78 is 11.3. The van der Waals surface area contributed by atoms with Crippen molar-refractivity contribution >= 4 is 11.7 Å². The highest BCUT2D eigenvalue weighted by Crippen LogP contribution is 2.31. The molecule has 0 aliphatic carbocycles. The molecule has 0 N–H and O–H groups in total. The number of ether oxygens (including phenoxy) is 2. The van der Waals surface area contributed by atoms with Gasteiger partial charge in [-0.15, -0.1) is 0 Å². The molecule has 3 rings (SSSR count). The Morgan fingerprint density at radius 3 is 2.48 bits per heavy atom. The van der Waals surface area contributed by atoms with Gasteiger partial charge in [0.25, 0.3) is 0 Å². The monoisotopic (exact) mass is 454 g/mol. The second kappa shape index (κ2) is 13.0. The molecule has 1 amide bonds. The number of benzene rings is 1. The molecule has 7 nitrogen and oxygen atoms in total. The van der Waals surface area contributed by atoms with E-state index in [1.54, 1.807) is 7.11 Å². The molecule has 180 valence electrons. The number of para-hydroxylation sites is 2. The lowest BCUT2D eigenvalue weighted by Gasteiger charge is -2.40. The summed E-state index contributed by atoms with van der Waals surface area (Å²) in [5.74, 6) is 2.81. The molecule has 1 aliphatic heterocycles. The topological polar surface area (TPSA) is 67.8 Å². The summed E-state index contributed by atoms with van der Waals surface area (Å²) >= 11 is 0. The number of hydrogen-bond donors (Lipinski definition) is 0. The van der Waals surface area contributed by atoms with Crippen molar-refractivity contribution in [3.63, 3.8) is 0 Å². The third-order valence-corrected chi connectivity index (χ3v) is 6.18. The average molecular weight is 455 g/mol. The minimum absolute atomic E-state index is 0.143. The van der Waals surface area contributed by atoms with Gasteiger partial charge in [0, 0.05) is 38.2 Å². The van der Waals surface area contributed by atoms with Crippen LogP contribution in [-0.2, 0) is 4.79 Å². The Kier molecular flexibility index (Phi) is 9.78. The van der Waals surface area contributed by atoms with Crippen LogP contribution in [0.2, 0.25) is 0 Å². The minimum atomic E-state index is 0.143. The first-order chi connectivity index (χ1) is 16.1. The Morgan fingerprint density at radius 2 is 1.76 bits per heavy atom. The summed E-state index contributed by atoms with van der Waals surface area (Å²) in [5.41, 5.74) is 0. The van der Waals surface area contributed by atoms with Gasteiger partial charge in [0.1, 0.15) is 12.1 Å². The fourth-order valence-electron chi connectivity index (χ4n) is 4.29. The largest absolute Gasteiger partial charge is 0.493 e. The Morgan fingerprint density at radius 1 is 1.03 bits per heavy atom. The van der Waals surface area contributed by atoms with Crippen LogP contribution >= 0.6 is 0 Å². The first kappa shape index (κ1) is 24.8. The fourth-order valence-corrected chi connectivity index (χ4v) is 4.29. The van der Waals surface area contributed by atoms with Gasteiger partial charge >= 0.3 is 0 Å². The Labute approximate surface area is 198 Å². The molecule has 1 aromatic heterocycles. The van der Waals surface area contributed by atoms with Crippen molar-refractivity contribution in [3.8, 4) is 17.4 Å². The van der Waals surface area contributed by atoms with Crippen molar-refractivity contribution in [2.75, 3.05) is 31.6 Å². The van der Waals surface area contributed by atoms with E-state index in [0.717, 1.165) is 31.7 Å². The van der Waals surface area contributed by atoms with Crippen LogP contribution in [0.4, 0.5) is 5.82 Å². The predicted octanol–water partition coefficient (Wildman–Crippen LogP) is 5.46. The number of rotatable bonds is 12. The summed E-state index contributed by atoms with van der Waals surface area (Å²) in [7, 11) is 1.61. The van der Waals surface area contributed by atoms with E-state index in [-0.39, 0.29) is 11.9 Å². The maximum Gasteiger partial charge on any atom is 0.224 e. The third kappa shape index (κ3) is 7.34. The van der Waals surface area contributed by atoms with Gasteiger partial charge in [-0.2, -0.15) is 0 Å². The van der Waals surface area contributed by atoms with Crippen LogP contribution in [0.1, 0.15) is 65.2 Å². The predicted molar refractivity (Wildman–Crippen MR) is 131 cm³/mol. The van der Waals surface area contributed by atoms with Crippen LogP contribution in [0, 0.1) is 0 Å². The lowest BCUT2D eigenvalue weighted by Crippen LogP contribution is -2.54. The van der Waals surface area contributed by atoms with Crippen LogP contribution < -0.4 is 14.4 Å². The molecule has 1 atom stereocenters. The van der Waals surface area contributed by atoms with Gasteiger partial charge in [0.05, 0.1) is 7.11 Å².